The molecule has 5 N–H and O–H groups in total. The van der Waals surface area contributed by atoms with Crippen molar-refractivity contribution in [3.05, 3.63) is 100 Å². The fourth-order valence-electron chi connectivity index (χ4n) is 5.08. The van der Waals surface area contributed by atoms with Gasteiger partial charge >= 0.3 is 0 Å². The van der Waals surface area contributed by atoms with Crippen molar-refractivity contribution in [3.8, 4) is 0 Å². The zero-order valence-corrected chi connectivity index (χ0v) is 19.8. The smallest absolute Gasteiger partial charge is 0.295 e. The molecule has 6 rings (SSSR count). The Morgan fingerprint density at radius 1 is 0.947 bits per heavy atom. The molecule has 2 aromatic heterocycles. The third-order valence-electron chi connectivity index (χ3n) is 6.92. The molecule has 0 bridgehead atoms. The number of carbonyl (C=O) groups excluding carboxylic acids is 2. The van der Waals surface area contributed by atoms with Crippen LogP contribution in [-0.4, -0.2) is 48.8 Å². The van der Waals surface area contributed by atoms with Crippen molar-refractivity contribution < 1.29 is 29.1 Å². The van der Waals surface area contributed by atoms with E-state index >= 15 is 0 Å². The monoisotopic (exact) mass is 518 g/mol. The number of fused-ring (bicyclic) bond motifs is 3. The third-order valence-corrected chi connectivity index (χ3v) is 6.92. The van der Waals surface area contributed by atoms with E-state index in [0.29, 0.717) is 12.8 Å². The number of halogens is 1. The number of amides is 2. The zero-order valence-electron chi connectivity index (χ0n) is 19.8. The fourth-order valence-corrected chi connectivity index (χ4v) is 5.08. The molecule has 2 heterocycles. The highest BCUT2D eigenvalue weighted by Crippen LogP contribution is 2.32. The van der Waals surface area contributed by atoms with Gasteiger partial charge in [-0.05, 0) is 22.3 Å². The first-order valence-corrected chi connectivity index (χ1v) is 12.0. The Labute approximate surface area is 215 Å². The molecule has 2 aliphatic rings. The standard InChI is InChI=1S/C26H23FN6O5/c27-17-12-28-33-19(26(37)32-38-31-23-16-8-4-2-6-14(16)10-21(23)35)11-18(29-24(17)33)25(36)30-22-15-7-3-1-5-13(15)9-20(22)34/h1-8,11-12,20-23,31,34-35H,9-10H2,(H,30,36)(H,32,37)/t20-,21-,22+,23+/m1/s1. The first-order valence-electron chi connectivity index (χ1n) is 12.0. The number of nitrogens with one attached hydrogen (secondary N) is 3. The summed E-state index contributed by atoms with van der Waals surface area (Å²) in [6.07, 6.45) is 0.0844. The number of hydroxylamine groups is 2. The van der Waals surface area contributed by atoms with Crippen molar-refractivity contribution in [3.63, 3.8) is 0 Å². The van der Waals surface area contributed by atoms with Crippen LogP contribution in [0.5, 0.6) is 0 Å². The molecular formula is C26H23FN6O5. The van der Waals surface area contributed by atoms with E-state index in [9.17, 15) is 24.2 Å². The van der Waals surface area contributed by atoms with Gasteiger partial charge in [-0.25, -0.2) is 19.4 Å². The predicted molar refractivity (Wildman–Crippen MR) is 130 cm³/mol. The van der Waals surface area contributed by atoms with Crippen LogP contribution in [-0.2, 0) is 17.8 Å². The Hall–Kier alpha value is -4.23. The number of aliphatic hydroxyl groups is 2. The minimum atomic E-state index is -0.843. The van der Waals surface area contributed by atoms with Crippen molar-refractivity contribution in [1.82, 2.24) is 30.9 Å². The van der Waals surface area contributed by atoms with E-state index in [1.807, 2.05) is 48.5 Å². The lowest BCUT2D eigenvalue weighted by Crippen LogP contribution is -2.38. The molecule has 12 heteroatoms. The molecule has 11 nitrogen and oxygen atoms in total. The zero-order chi connectivity index (χ0) is 26.4. The van der Waals surface area contributed by atoms with Crippen molar-refractivity contribution >= 4 is 17.5 Å². The average Bonchev–Trinajstić information content (AvgIpc) is 3.56. The van der Waals surface area contributed by atoms with Gasteiger partial charge in [-0.1, -0.05) is 48.5 Å². The van der Waals surface area contributed by atoms with Crippen molar-refractivity contribution in [2.24, 2.45) is 0 Å². The van der Waals surface area contributed by atoms with Crippen molar-refractivity contribution in [2.75, 3.05) is 0 Å². The van der Waals surface area contributed by atoms with Crippen molar-refractivity contribution in [1.29, 1.82) is 0 Å². The molecule has 0 spiro atoms. The lowest BCUT2D eigenvalue weighted by Gasteiger charge is -2.18. The number of carbonyl (C=O) groups is 2. The Morgan fingerprint density at radius 2 is 1.58 bits per heavy atom. The van der Waals surface area contributed by atoms with Crippen LogP contribution in [0.1, 0.15) is 55.3 Å². The van der Waals surface area contributed by atoms with E-state index in [2.05, 4.69) is 26.4 Å². The van der Waals surface area contributed by atoms with Crippen molar-refractivity contribution in [2.45, 2.75) is 37.1 Å². The maximum atomic E-state index is 14.4. The molecule has 2 amide bonds. The van der Waals surface area contributed by atoms with E-state index in [1.165, 1.54) is 0 Å². The molecule has 0 fully saturated rings. The number of nitrogens with zero attached hydrogens (tertiary/aromatic N) is 3. The van der Waals surface area contributed by atoms with Gasteiger partial charge < -0.3 is 15.5 Å². The van der Waals surface area contributed by atoms with Gasteiger partial charge in [-0.15, -0.1) is 0 Å². The SMILES string of the molecule is O=C(N[C@H]1c2ccccc2C[C@H]1O)c1cc(C(=O)NON[C@H]2c3ccccc3C[C@H]2O)n2ncc(F)c2n1. The lowest BCUT2D eigenvalue weighted by atomic mass is 10.1. The number of hydrogen-bond acceptors (Lipinski definition) is 8. The van der Waals surface area contributed by atoms with Gasteiger partial charge in [0.1, 0.15) is 11.4 Å². The van der Waals surface area contributed by atoms with Gasteiger partial charge in [0, 0.05) is 18.9 Å². The summed E-state index contributed by atoms with van der Waals surface area (Å²) in [4.78, 5) is 35.3. The maximum Gasteiger partial charge on any atom is 0.295 e. The number of aromatic nitrogens is 3. The molecule has 2 aliphatic carbocycles. The highest BCUT2D eigenvalue weighted by atomic mass is 19.1. The van der Waals surface area contributed by atoms with Gasteiger partial charge in [0.15, 0.2) is 11.5 Å². The molecule has 4 atom stereocenters. The highest BCUT2D eigenvalue weighted by molar-refractivity contribution is 5.98. The van der Waals surface area contributed by atoms with Crippen LogP contribution in [0.4, 0.5) is 4.39 Å². The van der Waals surface area contributed by atoms with E-state index in [4.69, 9.17) is 4.94 Å². The minimum absolute atomic E-state index is 0.217. The Kier molecular flexibility index (Phi) is 6.08. The summed E-state index contributed by atoms with van der Waals surface area (Å²) >= 11 is 0. The molecule has 0 radical (unpaired) electrons. The summed E-state index contributed by atoms with van der Waals surface area (Å²) in [5.41, 5.74) is 7.52. The highest BCUT2D eigenvalue weighted by Gasteiger charge is 2.33. The van der Waals surface area contributed by atoms with Crippen LogP contribution in [0, 0.1) is 5.82 Å². The lowest BCUT2D eigenvalue weighted by molar-refractivity contribution is -0.0645. The Bertz CT molecular complexity index is 1560. The van der Waals surface area contributed by atoms with Gasteiger partial charge in [0.25, 0.3) is 11.8 Å². The molecule has 38 heavy (non-hydrogen) atoms. The molecule has 4 aromatic rings. The molecule has 2 aromatic carbocycles. The first kappa shape index (κ1) is 24.1. The van der Waals surface area contributed by atoms with Gasteiger partial charge in [-0.3, -0.25) is 9.59 Å². The number of benzene rings is 2. The summed E-state index contributed by atoms with van der Waals surface area (Å²) in [5, 5.41) is 27.4. The van der Waals surface area contributed by atoms with Gasteiger partial charge in [0.05, 0.1) is 30.5 Å². The molecular weight excluding hydrogens is 495 g/mol. The second-order valence-electron chi connectivity index (χ2n) is 9.28. The molecule has 0 saturated heterocycles. The maximum absolute atomic E-state index is 14.4. The Morgan fingerprint density at radius 3 is 2.29 bits per heavy atom. The van der Waals surface area contributed by atoms with E-state index in [0.717, 1.165) is 39.0 Å². The van der Waals surface area contributed by atoms with Crippen LogP contribution in [0.15, 0.2) is 60.8 Å². The topological polar surface area (TPSA) is 150 Å². The van der Waals surface area contributed by atoms with Crippen LogP contribution in [0.2, 0.25) is 0 Å². The number of aliphatic hydroxyl groups excluding tert-OH is 2. The van der Waals surface area contributed by atoms with E-state index in [-0.39, 0.29) is 17.0 Å². The minimum Gasteiger partial charge on any atom is -0.391 e. The molecule has 0 unspecified atom stereocenters. The van der Waals surface area contributed by atoms with Gasteiger partial charge in [-0.2, -0.15) is 15.5 Å². The van der Waals surface area contributed by atoms with Crippen LogP contribution in [0.25, 0.3) is 5.65 Å². The molecule has 194 valence electrons. The number of hydrogen-bond donors (Lipinski definition) is 5. The predicted octanol–water partition coefficient (Wildman–Crippen LogP) is 1.08. The number of rotatable bonds is 6. The van der Waals surface area contributed by atoms with E-state index < -0.39 is 41.9 Å². The quantitative estimate of drug-likeness (QED) is 0.238. The average molecular weight is 519 g/mol. The third kappa shape index (κ3) is 4.19. The summed E-state index contributed by atoms with van der Waals surface area (Å²) in [5.74, 6) is -2.37. The largest absolute Gasteiger partial charge is 0.391 e. The summed E-state index contributed by atoms with van der Waals surface area (Å²) in [7, 11) is 0. The second-order valence-corrected chi connectivity index (χ2v) is 9.28. The van der Waals surface area contributed by atoms with Crippen LogP contribution in [0.3, 0.4) is 0 Å². The second kappa shape index (κ2) is 9.58. The van der Waals surface area contributed by atoms with Crippen LogP contribution >= 0.6 is 0 Å². The Balaban J connectivity index is 1.21. The van der Waals surface area contributed by atoms with Gasteiger partial charge in [0.2, 0.25) is 0 Å². The summed E-state index contributed by atoms with van der Waals surface area (Å²) in [6.45, 7) is 0. The summed E-state index contributed by atoms with van der Waals surface area (Å²) < 4.78 is 15.4. The fraction of sp³-hybridized carbons (Fsp3) is 0.231. The normalized spacial score (nSPS) is 21.8. The summed E-state index contributed by atoms with van der Waals surface area (Å²) in [6, 6.07) is 14.7. The van der Waals surface area contributed by atoms with Crippen LogP contribution < -0.4 is 16.3 Å². The first-order chi connectivity index (χ1) is 18.4. The van der Waals surface area contributed by atoms with E-state index in [1.54, 1.807) is 0 Å². The molecule has 0 aliphatic heterocycles. The molecule has 0 saturated carbocycles.